The fourth-order valence-corrected chi connectivity index (χ4v) is 1.68. The summed E-state index contributed by atoms with van der Waals surface area (Å²) >= 11 is 0. The fraction of sp³-hybridized carbons (Fsp3) is 1.00. The molecule has 1 rings (SSSR count). The van der Waals surface area contributed by atoms with E-state index in [9.17, 15) is 0 Å². The average molecular weight is 142 g/mol. The molecule has 0 aliphatic heterocycles. The molecule has 0 N–H and O–H groups in total. The first kappa shape index (κ1) is 8.06. The summed E-state index contributed by atoms with van der Waals surface area (Å²) in [5, 5.41) is 0. The van der Waals surface area contributed by atoms with Crippen LogP contribution in [-0.4, -0.2) is 12.7 Å². The Kier molecular flexibility index (Phi) is 2.72. The van der Waals surface area contributed by atoms with Crippen LogP contribution in [0.15, 0.2) is 0 Å². The van der Waals surface area contributed by atoms with Crippen LogP contribution in [-0.2, 0) is 4.74 Å². The van der Waals surface area contributed by atoms with E-state index >= 15 is 0 Å². The minimum atomic E-state index is 0.205. The minimum Gasteiger partial charge on any atom is -0.379 e. The molecule has 0 amide bonds. The van der Waals surface area contributed by atoms with E-state index in [4.69, 9.17) is 4.74 Å². The van der Waals surface area contributed by atoms with Crippen molar-refractivity contribution < 1.29 is 4.74 Å². The van der Waals surface area contributed by atoms with Crippen molar-refractivity contribution in [2.24, 2.45) is 0 Å². The smallest absolute Gasteiger partial charge is 0.0650 e. The van der Waals surface area contributed by atoms with Crippen molar-refractivity contribution in [1.29, 1.82) is 0 Å². The van der Waals surface area contributed by atoms with Gasteiger partial charge in [-0.15, -0.1) is 0 Å². The number of ether oxygens (including phenoxy) is 1. The topological polar surface area (TPSA) is 9.23 Å². The van der Waals surface area contributed by atoms with Crippen LogP contribution in [0.2, 0.25) is 0 Å². The van der Waals surface area contributed by atoms with Crippen LogP contribution < -0.4 is 0 Å². The van der Waals surface area contributed by atoms with Crippen LogP contribution in [0.5, 0.6) is 0 Å². The molecule has 1 fully saturated rings. The van der Waals surface area contributed by atoms with Crippen LogP contribution in [0, 0.1) is 0 Å². The summed E-state index contributed by atoms with van der Waals surface area (Å²) in [7, 11) is 1.84. The summed E-state index contributed by atoms with van der Waals surface area (Å²) in [6, 6.07) is 0. The van der Waals surface area contributed by atoms with Crippen molar-refractivity contribution in [2.75, 3.05) is 7.11 Å². The zero-order valence-electron chi connectivity index (χ0n) is 7.15. The average Bonchev–Trinajstić information content (AvgIpc) is 2.15. The van der Waals surface area contributed by atoms with Crippen LogP contribution in [0.4, 0.5) is 0 Å². The summed E-state index contributed by atoms with van der Waals surface area (Å²) in [6.45, 7) is 2.23. The molecule has 1 aliphatic rings. The molecule has 0 heterocycles. The summed E-state index contributed by atoms with van der Waals surface area (Å²) in [5.74, 6) is 0. The van der Waals surface area contributed by atoms with Gasteiger partial charge in [-0.25, -0.2) is 0 Å². The molecule has 1 nitrogen and oxygen atoms in total. The Morgan fingerprint density at radius 2 is 1.50 bits per heavy atom. The molecule has 0 aromatic rings. The molecule has 0 aromatic heterocycles. The van der Waals surface area contributed by atoms with E-state index in [1.54, 1.807) is 0 Å². The number of hydrogen-bond donors (Lipinski definition) is 0. The van der Waals surface area contributed by atoms with E-state index in [-0.39, 0.29) is 5.60 Å². The van der Waals surface area contributed by atoms with Gasteiger partial charge >= 0.3 is 0 Å². The third kappa shape index (κ3) is 1.98. The Hall–Kier alpha value is -0.0400. The van der Waals surface area contributed by atoms with Gasteiger partial charge in [-0.3, -0.25) is 0 Å². The maximum Gasteiger partial charge on any atom is 0.0650 e. The third-order valence-corrected chi connectivity index (χ3v) is 2.65. The molecular formula is C9H18O. The maximum absolute atomic E-state index is 5.46. The van der Waals surface area contributed by atoms with Crippen LogP contribution in [0.3, 0.4) is 0 Å². The number of methoxy groups -OCH3 is 1. The molecule has 0 unspecified atom stereocenters. The van der Waals surface area contributed by atoms with Gasteiger partial charge in [0.05, 0.1) is 5.60 Å². The second kappa shape index (κ2) is 3.38. The largest absolute Gasteiger partial charge is 0.379 e. The summed E-state index contributed by atoms with van der Waals surface area (Å²) in [6.07, 6.45) is 8.01. The zero-order valence-corrected chi connectivity index (χ0v) is 7.15. The minimum absolute atomic E-state index is 0.205. The van der Waals surface area contributed by atoms with E-state index in [2.05, 4.69) is 6.92 Å². The molecule has 0 spiro atoms. The summed E-state index contributed by atoms with van der Waals surface area (Å²) in [4.78, 5) is 0. The Morgan fingerprint density at radius 1 is 1.00 bits per heavy atom. The fourth-order valence-electron chi connectivity index (χ4n) is 1.68. The van der Waals surface area contributed by atoms with Crippen molar-refractivity contribution in [3.63, 3.8) is 0 Å². The molecule has 60 valence electrons. The van der Waals surface area contributed by atoms with E-state index in [1.807, 2.05) is 7.11 Å². The zero-order chi connectivity index (χ0) is 7.45. The van der Waals surface area contributed by atoms with E-state index in [0.29, 0.717) is 0 Å². The molecule has 0 bridgehead atoms. The van der Waals surface area contributed by atoms with Gasteiger partial charge in [0.2, 0.25) is 0 Å². The highest BCUT2D eigenvalue weighted by molar-refractivity contribution is 4.77. The third-order valence-electron chi connectivity index (χ3n) is 2.65. The Balaban J connectivity index is 2.41. The van der Waals surface area contributed by atoms with Gasteiger partial charge in [-0.05, 0) is 19.8 Å². The molecule has 10 heavy (non-hydrogen) atoms. The highest BCUT2D eigenvalue weighted by atomic mass is 16.5. The van der Waals surface area contributed by atoms with Gasteiger partial charge in [-0.2, -0.15) is 0 Å². The van der Waals surface area contributed by atoms with Gasteiger partial charge in [-0.1, -0.05) is 25.7 Å². The second-order valence-corrected chi connectivity index (χ2v) is 3.57. The SMILES string of the molecule is COC1(C)CCCCCC1. The van der Waals surface area contributed by atoms with Crippen molar-refractivity contribution in [3.8, 4) is 0 Å². The van der Waals surface area contributed by atoms with E-state index in [0.717, 1.165) is 0 Å². The number of hydrogen-bond acceptors (Lipinski definition) is 1. The standard InChI is InChI=1S/C9H18O/c1-9(10-2)7-5-3-4-6-8-9/h3-8H2,1-2H3. The lowest BCUT2D eigenvalue weighted by atomic mass is 9.97. The maximum atomic E-state index is 5.46. The molecule has 1 heteroatoms. The lowest BCUT2D eigenvalue weighted by molar-refractivity contribution is -0.00626. The van der Waals surface area contributed by atoms with E-state index in [1.165, 1.54) is 38.5 Å². The van der Waals surface area contributed by atoms with Crippen molar-refractivity contribution in [3.05, 3.63) is 0 Å². The molecular weight excluding hydrogens is 124 g/mol. The first-order valence-electron chi connectivity index (χ1n) is 4.32. The van der Waals surface area contributed by atoms with Gasteiger partial charge in [0.15, 0.2) is 0 Å². The molecule has 0 aromatic carbocycles. The Morgan fingerprint density at radius 3 is 1.90 bits per heavy atom. The lowest BCUT2D eigenvalue weighted by Crippen LogP contribution is -2.25. The predicted octanol–water partition coefficient (Wildman–Crippen LogP) is 2.75. The van der Waals surface area contributed by atoms with Crippen LogP contribution in [0.25, 0.3) is 0 Å². The number of rotatable bonds is 1. The molecule has 0 atom stereocenters. The summed E-state index contributed by atoms with van der Waals surface area (Å²) < 4.78 is 5.46. The van der Waals surface area contributed by atoms with Gasteiger partial charge in [0.25, 0.3) is 0 Å². The van der Waals surface area contributed by atoms with Gasteiger partial charge in [0.1, 0.15) is 0 Å². The van der Waals surface area contributed by atoms with Gasteiger partial charge in [0, 0.05) is 7.11 Å². The van der Waals surface area contributed by atoms with Gasteiger partial charge < -0.3 is 4.74 Å². The normalized spacial score (nSPS) is 25.8. The monoisotopic (exact) mass is 142 g/mol. The Labute approximate surface area is 63.8 Å². The quantitative estimate of drug-likeness (QED) is 0.511. The van der Waals surface area contributed by atoms with Crippen LogP contribution >= 0.6 is 0 Å². The molecule has 0 radical (unpaired) electrons. The lowest BCUT2D eigenvalue weighted by Gasteiger charge is -2.25. The highest BCUT2D eigenvalue weighted by Crippen LogP contribution is 2.28. The summed E-state index contributed by atoms with van der Waals surface area (Å²) in [5.41, 5.74) is 0.205. The van der Waals surface area contributed by atoms with Crippen LogP contribution in [0.1, 0.15) is 45.4 Å². The predicted molar refractivity (Wildman–Crippen MR) is 43.1 cm³/mol. The van der Waals surface area contributed by atoms with Crippen molar-refractivity contribution in [1.82, 2.24) is 0 Å². The molecule has 1 aliphatic carbocycles. The van der Waals surface area contributed by atoms with E-state index < -0.39 is 0 Å². The first-order chi connectivity index (χ1) is 4.77. The van der Waals surface area contributed by atoms with Crippen molar-refractivity contribution >= 4 is 0 Å². The van der Waals surface area contributed by atoms with Crippen molar-refractivity contribution in [2.45, 2.75) is 51.0 Å². The second-order valence-electron chi connectivity index (χ2n) is 3.57. The Bertz CT molecular complexity index is 90.9. The molecule has 1 saturated carbocycles. The first-order valence-corrected chi connectivity index (χ1v) is 4.32. The highest BCUT2D eigenvalue weighted by Gasteiger charge is 2.24. The molecule has 0 saturated heterocycles.